The molecule has 0 saturated heterocycles. The molecule has 0 saturated carbocycles. The largest absolute Gasteiger partial charge is 0.394 e. The van der Waals surface area contributed by atoms with Crippen molar-refractivity contribution in [3.8, 4) is 0 Å². The number of aliphatic hydroxyl groups is 2. The van der Waals surface area contributed by atoms with E-state index in [0.29, 0.717) is 6.42 Å². The summed E-state index contributed by atoms with van der Waals surface area (Å²) in [4.78, 5) is 12.3. The molecule has 4 heteroatoms. The molecule has 0 heterocycles. The molecule has 236 valence electrons. The summed E-state index contributed by atoms with van der Waals surface area (Å²) in [7, 11) is 0. The maximum Gasteiger partial charge on any atom is 0.220 e. The zero-order valence-corrected chi connectivity index (χ0v) is 26.9. The standard InChI is InChI=1S/C36H69NO3/c1-3-5-7-9-11-13-15-17-18-20-21-23-25-27-29-31-35(39)34(33-38)37-36(40)32-30-28-26-24-22-19-16-14-12-10-8-6-4-2/h21,23,29,31,34-35,38-39H,3-20,22,24-28,30,32-33H2,1-2H3,(H,37,40)/b23-21+,31-29+/t34-,35+/m0/s1. The van der Waals surface area contributed by atoms with Crippen molar-refractivity contribution in [2.45, 2.75) is 193 Å². The molecule has 0 radical (unpaired) electrons. The van der Waals surface area contributed by atoms with Crippen LogP contribution in [-0.4, -0.2) is 34.9 Å². The summed E-state index contributed by atoms with van der Waals surface area (Å²) in [6, 6.07) is -0.632. The van der Waals surface area contributed by atoms with Gasteiger partial charge >= 0.3 is 0 Å². The molecule has 0 aromatic heterocycles. The highest BCUT2D eigenvalue weighted by atomic mass is 16.3. The lowest BCUT2D eigenvalue weighted by atomic mass is 10.0. The highest BCUT2D eigenvalue weighted by molar-refractivity contribution is 5.76. The summed E-state index contributed by atoms with van der Waals surface area (Å²) in [5, 5.41) is 22.8. The van der Waals surface area contributed by atoms with Crippen molar-refractivity contribution in [2.75, 3.05) is 6.61 Å². The van der Waals surface area contributed by atoms with Gasteiger partial charge in [-0.05, 0) is 32.1 Å². The second-order valence-corrected chi connectivity index (χ2v) is 11.9. The number of hydrogen-bond acceptors (Lipinski definition) is 3. The van der Waals surface area contributed by atoms with Crippen LogP contribution < -0.4 is 5.32 Å². The SMILES string of the molecule is CCCCCCCCCCC/C=C/CC/C=C/[C@@H](O)[C@H](CO)NC(=O)CCCCCCCCCCCCCCC. The second-order valence-electron chi connectivity index (χ2n) is 11.9. The van der Waals surface area contributed by atoms with Gasteiger partial charge in [-0.3, -0.25) is 4.79 Å². The number of carbonyl (C=O) groups excluding carboxylic acids is 1. The smallest absolute Gasteiger partial charge is 0.220 e. The third-order valence-electron chi connectivity index (χ3n) is 7.94. The monoisotopic (exact) mass is 564 g/mol. The maximum atomic E-state index is 12.3. The van der Waals surface area contributed by atoms with Crippen molar-refractivity contribution in [1.82, 2.24) is 5.32 Å². The molecule has 0 aliphatic rings. The van der Waals surface area contributed by atoms with E-state index in [1.54, 1.807) is 6.08 Å². The average molecular weight is 564 g/mol. The maximum absolute atomic E-state index is 12.3. The lowest BCUT2D eigenvalue weighted by Crippen LogP contribution is -2.45. The van der Waals surface area contributed by atoms with Crippen LogP contribution in [0, 0.1) is 0 Å². The van der Waals surface area contributed by atoms with Gasteiger partial charge < -0.3 is 15.5 Å². The summed E-state index contributed by atoms with van der Waals surface area (Å²) >= 11 is 0. The van der Waals surface area contributed by atoms with E-state index in [9.17, 15) is 15.0 Å². The van der Waals surface area contributed by atoms with Crippen LogP contribution >= 0.6 is 0 Å². The first-order valence-corrected chi connectivity index (χ1v) is 17.6. The number of amides is 1. The van der Waals surface area contributed by atoms with Crippen molar-refractivity contribution in [2.24, 2.45) is 0 Å². The molecule has 0 spiro atoms. The van der Waals surface area contributed by atoms with Gasteiger partial charge in [0, 0.05) is 6.42 Å². The molecule has 0 aromatic rings. The fourth-order valence-corrected chi connectivity index (χ4v) is 5.19. The number of carbonyl (C=O) groups is 1. The molecule has 0 rings (SSSR count). The molecule has 0 aliphatic carbocycles. The van der Waals surface area contributed by atoms with Crippen LogP contribution in [0.4, 0.5) is 0 Å². The van der Waals surface area contributed by atoms with Gasteiger partial charge in [0.05, 0.1) is 18.8 Å². The number of allylic oxidation sites excluding steroid dienone is 3. The summed E-state index contributed by atoms with van der Waals surface area (Å²) in [6.45, 7) is 4.28. The molecule has 0 fully saturated rings. The lowest BCUT2D eigenvalue weighted by Gasteiger charge is -2.19. The van der Waals surface area contributed by atoms with Gasteiger partial charge in [0.2, 0.25) is 5.91 Å². The minimum Gasteiger partial charge on any atom is -0.394 e. The van der Waals surface area contributed by atoms with Gasteiger partial charge in [-0.1, -0.05) is 167 Å². The van der Waals surface area contributed by atoms with Crippen LogP contribution in [-0.2, 0) is 4.79 Å². The topological polar surface area (TPSA) is 69.6 Å². The zero-order valence-electron chi connectivity index (χ0n) is 26.9. The molecule has 4 nitrogen and oxygen atoms in total. The van der Waals surface area contributed by atoms with Crippen LogP contribution in [0.2, 0.25) is 0 Å². The molecule has 0 aliphatic heterocycles. The van der Waals surface area contributed by atoms with Gasteiger partial charge in [-0.2, -0.15) is 0 Å². The Labute approximate surface area is 249 Å². The highest BCUT2D eigenvalue weighted by Gasteiger charge is 2.17. The number of nitrogens with one attached hydrogen (secondary N) is 1. The van der Waals surface area contributed by atoms with Gasteiger partial charge in [-0.15, -0.1) is 0 Å². The van der Waals surface area contributed by atoms with E-state index in [1.165, 1.54) is 128 Å². The van der Waals surface area contributed by atoms with Crippen molar-refractivity contribution in [3.05, 3.63) is 24.3 Å². The summed E-state index contributed by atoms with van der Waals surface area (Å²) in [6.07, 6.45) is 39.7. The fraction of sp³-hybridized carbons (Fsp3) is 0.861. The Morgan fingerprint density at radius 2 is 0.975 bits per heavy atom. The predicted molar refractivity (Wildman–Crippen MR) is 175 cm³/mol. The van der Waals surface area contributed by atoms with Crippen LogP contribution in [0.25, 0.3) is 0 Å². The lowest BCUT2D eigenvalue weighted by molar-refractivity contribution is -0.123. The molecule has 0 unspecified atom stereocenters. The second kappa shape index (κ2) is 32.4. The normalized spacial score (nSPS) is 13.4. The Morgan fingerprint density at radius 1 is 0.575 bits per heavy atom. The minimum absolute atomic E-state index is 0.0750. The Hall–Kier alpha value is -1.13. The van der Waals surface area contributed by atoms with Gasteiger partial charge in [0.15, 0.2) is 0 Å². The van der Waals surface area contributed by atoms with Gasteiger partial charge in [0.25, 0.3) is 0 Å². The number of aliphatic hydroxyl groups excluding tert-OH is 2. The van der Waals surface area contributed by atoms with Crippen LogP contribution in [0.15, 0.2) is 24.3 Å². The average Bonchev–Trinajstić information content (AvgIpc) is 2.96. The third-order valence-corrected chi connectivity index (χ3v) is 7.94. The van der Waals surface area contributed by atoms with E-state index in [1.807, 2.05) is 6.08 Å². The summed E-state index contributed by atoms with van der Waals surface area (Å²) in [5.41, 5.74) is 0. The minimum atomic E-state index is -0.855. The molecule has 2 atom stereocenters. The van der Waals surface area contributed by atoms with E-state index in [-0.39, 0.29) is 12.5 Å². The first-order valence-electron chi connectivity index (χ1n) is 17.6. The van der Waals surface area contributed by atoms with Crippen LogP contribution in [0.1, 0.15) is 181 Å². The quantitative estimate of drug-likeness (QED) is 0.0580. The third kappa shape index (κ3) is 28.4. The predicted octanol–water partition coefficient (Wildman–Crippen LogP) is 10.1. The van der Waals surface area contributed by atoms with Crippen LogP contribution in [0.5, 0.6) is 0 Å². The molecule has 40 heavy (non-hydrogen) atoms. The van der Waals surface area contributed by atoms with Crippen molar-refractivity contribution < 1.29 is 15.0 Å². The molecule has 3 N–H and O–H groups in total. The molecular formula is C36H69NO3. The first kappa shape index (κ1) is 38.9. The van der Waals surface area contributed by atoms with E-state index in [0.717, 1.165) is 32.1 Å². The Morgan fingerprint density at radius 3 is 1.45 bits per heavy atom. The number of rotatable bonds is 31. The molecule has 0 bridgehead atoms. The Bertz CT molecular complexity index is 574. The van der Waals surface area contributed by atoms with Gasteiger partial charge in [0.1, 0.15) is 0 Å². The van der Waals surface area contributed by atoms with Crippen molar-refractivity contribution in [3.63, 3.8) is 0 Å². The summed E-state index contributed by atoms with van der Waals surface area (Å²) < 4.78 is 0. The fourth-order valence-electron chi connectivity index (χ4n) is 5.19. The van der Waals surface area contributed by atoms with Crippen LogP contribution in [0.3, 0.4) is 0 Å². The molecule has 0 aromatic carbocycles. The Kier molecular flexibility index (Phi) is 31.5. The molecule has 1 amide bonds. The Balaban J connectivity index is 3.68. The van der Waals surface area contributed by atoms with E-state index in [2.05, 4.69) is 31.3 Å². The highest BCUT2D eigenvalue weighted by Crippen LogP contribution is 2.13. The van der Waals surface area contributed by atoms with Crippen molar-refractivity contribution >= 4 is 5.91 Å². The number of hydrogen-bond donors (Lipinski definition) is 3. The van der Waals surface area contributed by atoms with E-state index >= 15 is 0 Å². The number of unbranched alkanes of at least 4 members (excludes halogenated alkanes) is 22. The molecular weight excluding hydrogens is 494 g/mol. The zero-order chi connectivity index (χ0) is 29.4. The van der Waals surface area contributed by atoms with Gasteiger partial charge in [-0.25, -0.2) is 0 Å². The first-order chi connectivity index (χ1) is 19.7. The summed E-state index contributed by atoms with van der Waals surface area (Å²) in [5.74, 6) is -0.0750. The van der Waals surface area contributed by atoms with E-state index in [4.69, 9.17) is 0 Å². The van der Waals surface area contributed by atoms with E-state index < -0.39 is 12.1 Å². The van der Waals surface area contributed by atoms with Crippen molar-refractivity contribution in [1.29, 1.82) is 0 Å².